The fourth-order valence-electron chi connectivity index (χ4n) is 2.72. The number of nitrogens with zero attached hydrogens (tertiary/aromatic N) is 2. The van der Waals surface area contributed by atoms with E-state index in [0.717, 1.165) is 5.56 Å². The zero-order valence-corrected chi connectivity index (χ0v) is 15.4. The molecule has 0 saturated carbocycles. The summed E-state index contributed by atoms with van der Waals surface area (Å²) in [7, 11) is -1.95. The van der Waals surface area contributed by atoms with Gasteiger partial charge in [-0.25, -0.2) is 13.4 Å². The van der Waals surface area contributed by atoms with Gasteiger partial charge in [0.15, 0.2) is 0 Å². The predicted molar refractivity (Wildman–Crippen MR) is 98.9 cm³/mol. The van der Waals surface area contributed by atoms with Gasteiger partial charge in [0.05, 0.1) is 11.0 Å². The molecule has 0 unspecified atom stereocenters. The average molecular weight is 371 g/mol. The largest absolute Gasteiger partial charge is 0.389 e. The van der Waals surface area contributed by atoms with Crippen molar-refractivity contribution >= 4 is 10.0 Å². The Morgan fingerprint density at radius 2 is 1.69 bits per heavy atom. The summed E-state index contributed by atoms with van der Waals surface area (Å²) < 4.78 is 30.3. The third-order valence-corrected chi connectivity index (χ3v) is 5.63. The number of rotatable bonds is 6. The van der Waals surface area contributed by atoms with Crippen LogP contribution in [0.2, 0.25) is 0 Å². The van der Waals surface area contributed by atoms with Crippen molar-refractivity contribution < 1.29 is 13.5 Å². The second kappa shape index (κ2) is 7.41. The molecular formula is C19H21N3O3S. The Morgan fingerprint density at radius 3 is 2.23 bits per heavy atom. The van der Waals surface area contributed by atoms with E-state index in [1.807, 2.05) is 37.4 Å². The summed E-state index contributed by atoms with van der Waals surface area (Å²) in [5.41, 5.74) is 1.46. The van der Waals surface area contributed by atoms with E-state index in [9.17, 15) is 13.5 Å². The van der Waals surface area contributed by atoms with Gasteiger partial charge in [-0.2, -0.15) is 4.72 Å². The highest BCUT2D eigenvalue weighted by molar-refractivity contribution is 7.89. The summed E-state index contributed by atoms with van der Waals surface area (Å²) in [5.74, 6) is 0.598. The lowest BCUT2D eigenvalue weighted by Gasteiger charge is -2.19. The number of hydrogen-bond donors (Lipinski definition) is 2. The molecule has 0 radical (unpaired) electrons. The van der Waals surface area contributed by atoms with Gasteiger partial charge >= 0.3 is 0 Å². The molecule has 0 spiro atoms. The van der Waals surface area contributed by atoms with Gasteiger partial charge in [0, 0.05) is 19.4 Å². The minimum Gasteiger partial charge on any atom is -0.389 e. The van der Waals surface area contributed by atoms with Crippen molar-refractivity contribution in [1.29, 1.82) is 0 Å². The van der Waals surface area contributed by atoms with E-state index in [-0.39, 0.29) is 4.90 Å². The van der Waals surface area contributed by atoms with Crippen molar-refractivity contribution in [1.82, 2.24) is 14.3 Å². The molecule has 0 aliphatic rings. The maximum Gasteiger partial charge on any atom is 0.241 e. The highest BCUT2D eigenvalue weighted by Gasteiger charge is 2.25. The van der Waals surface area contributed by atoms with E-state index in [4.69, 9.17) is 0 Å². The van der Waals surface area contributed by atoms with Crippen molar-refractivity contribution in [2.45, 2.75) is 24.0 Å². The highest BCUT2D eigenvalue weighted by atomic mass is 32.2. The van der Waals surface area contributed by atoms with Crippen LogP contribution in [0, 0.1) is 0 Å². The lowest BCUT2D eigenvalue weighted by molar-refractivity contribution is 0.199. The first-order valence-electron chi connectivity index (χ1n) is 8.21. The van der Waals surface area contributed by atoms with Crippen LogP contribution in [0.3, 0.4) is 0 Å². The number of imidazole rings is 1. The molecule has 7 heteroatoms. The molecule has 2 N–H and O–H groups in total. The summed E-state index contributed by atoms with van der Waals surface area (Å²) >= 11 is 0. The van der Waals surface area contributed by atoms with Crippen molar-refractivity contribution in [3.63, 3.8) is 0 Å². The van der Waals surface area contributed by atoms with E-state index in [1.165, 1.54) is 12.1 Å². The fraction of sp³-hybridized carbons (Fsp3) is 0.211. The zero-order valence-electron chi connectivity index (χ0n) is 14.6. The minimum absolute atomic E-state index is 0.136. The van der Waals surface area contributed by atoms with Crippen molar-refractivity contribution in [2.75, 3.05) is 0 Å². The molecule has 26 heavy (non-hydrogen) atoms. The average Bonchev–Trinajstić information content (AvgIpc) is 3.06. The molecule has 6 nitrogen and oxygen atoms in total. The summed E-state index contributed by atoms with van der Waals surface area (Å²) in [6, 6.07) is 14.9. The van der Waals surface area contributed by atoms with Crippen LogP contribution in [0.1, 0.15) is 36.0 Å². The SMILES string of the molecule is C[C@H](O)c1ccc(S(=O)(=O)N[C@@H](c2ccccc2)c2nccn2C)cc1. The summed E-state index contributed by atoms with van der Waals surface area (Å²) in [6.07, 6.45) is 2.76. The van der Waals surface area contributed by atoms with E-state index in [1.54, 1.807) is 36.0 Å². The monoisotopic (exact) mass is 371 g/mol. The molecule has 136 valence electrons. The highest BCUT2D eigenvalue weighted by Crippen LogP contribution is 2.24. The molecular weight excluding hydrogens is 350 g/mol. The predicted octanol–water partition coefficient (Wildman–Crippen LogP) is 2.54. The van der Waals surface area contributed by atoms with E-state index in [0.29, 0.717) is 11.4 Å². The molecule has 1 aromatic heterocycles. The third kappa shape index (κ3) is 3.85. The van der Waals surface area contributed by atoms with Crippen LogP contribution in [-0.2, 0) is 17.1 Å². The Balaban J connectivity index is 1.97. The topological polar surface area (TPSA) is 84.2 Å². The Morgan fingerprint density at radius 1 is 1.04 bits per heavy atom. The summed E-state index contributed by atoms with van der Waals surface area (Å²) in [4.78, 5) is 4.45. The molecule has 0 amide bonds. The van der Waals surface area contributed by atoms with E-state index >= 15 is 0 Å². The number of aryl methyl sites for hydroxylation is 1. The first-order valence-corrected chi connectivity index (χ1v) is 9.69. The number of aromatic nitrogens is 2. The van der Waals surface area contributed by atoms with Crippen molar-refractivity contribution in [3.8, 4) is 0 Å². The van der Waals surface area contributed by atoms with Gasteiger partial charge in [0.25, 0.3) is 0 Å². The molecule has 3 rings (SSSR count). The van der Waals surface area contributed by atoms with Crippen molar-refractivity contribution in [2.24, 2.45) is 7.05 Å². The van der Waals surface area contributed by atoms with Crippen LogP contribution in [0.4, 0.5) is 0 Å². The van der Waals surface area contributed by atoms with Gasteiger partial charge in [-0.3, -0.25) is 0 Å². The van der Waals surface area contributed by atoms with Gasteiger partial charge in [0.1, 0.15) is 11.9 Å². The standard InChI is InChI=1S/C19H21N3O3S/c1-14(23)15-8-10-17(11-9-15)26(24,25)21-18(16-6-4-3-5-7-16)19-20-12-13-22(19)2/h3-14,18,21,23H,1-2H3/t14-,18-/m0/s1. The molecule has 0 fully saturated rings. The lowest BCUT2D eigenvalue weighted by atomic mass is 10.1. The second-order valence-corrected chi connectivity index (χ2v) is 7.82. The maximum absolute atomic E-state index is 12.9. The molecule has 2 aromatic carbocycles. The van der Waals surface area contributed by atoms with Crippen LogP contribution >= 0.6 is 0 Å². The molecule has 0 bridgehead atoms. The van der Waals surface area contributed by atoms with Crippen LogP contribution in [0.15, 0.2) is 71.9 Å². The lowest BCUT2D eigenvalue weighted by Crippen LogP contribution is -2.31. The maximum atomic E-state index is 12.9. The number of aliphatic hydroxyl groups excluding tert-OH is 1. The Hall–Kier alpha value is -2.48. The molecule has 3 aromatic rings. The second-order valence-electron chi connectivity index (χ2n) is 6.11. The number of sulfonamides is 1. The number of benzene rings is 2. The first kappa shape index (κ1) is 18.3. The normalized spacial score (nSPS) is 14.1. The number of nitrogens with one attached hydrogen (secondary N) is 1. The molecule has 1 heterocycles. The van der Waals surface area contributed by atoms with Crippen LogP contribution in [0.25, 0.3) is 0 Å². The molecule has 0 aliphatic carbocycles. The Labute approximate surface area is 153 Å². The van der Waals surface area contributed by atoms with E-state index < -0.39 is 22.2 Å². The van der Waals surface area contributed by atoms with Crippen molar-refractivity contribution in [3.05, 3.63) is 83.9 Å². The molecule has 0 aliphatic heterocycles. The zero-order chi connectivity index (χ0) is 18.7. The smallest absolute Gasteiger partial charge is 0.241 e. The van der Waals surface area contributed by atoms with Crippen LogP contribution in [0.5, 0.6) is 0 Å². The van der Waals surface area contributed by atoms with Gasteiger partial charge < -0.3 is 9.67 Å². The summed E-state index contributed by atoms with van der Waals surface area (Å²) in [5, 5.41) is 9.59. The minimum atomic E-state index is -3.78. The Bertz CT molecular complexity index is 965. The van der Waals surface area contributed by atoms with E-state index in [2.05, 4.69) is 9.71 Å². The summed E-state index contributed by atoms with van der Waals surface area (Å²) in [6.45, 7) is 1.63. The molecule has 0 saturated heterocycles. The third-order valence-electron chi connectivity index (χ3n) is 4.20. The van der Waals surface area contributed by atoms with Gasteiger partial charge in [-0.15, -0.1) is 0 Å². The van der Waals surface area contributed by atoms with Gasteiger partial charge in [-0.05, 0) is 30.2 Å². The quantitative estimate of drug-likeness (QED) is 0.697. The van der Waals surface area contributed by atoms with Gasteiger partial charge in [0.2, 0.25) is 10.0 Å². The van der Waals surface area contributed by atoms with Crippen LogP contribution in [-0.4, -0.2) is 23.1 Å². The number of aliphatic hydroxyl groups is 1. The first-order chi connectivity index (χ1) is 12.4. The van der Waals surface area contributed by atoms with Crippen LogP contribution < -0.4 is 4.72 Å². The number of hydrogen-bond acceptors (Lipinski definition) is 4. The Kier molecular flexibility index (Phi) is 5.22. The van der Waals surface area contributed by atoms with Gasteiger partial charge in [-0.1, -0.05) is 42.5 Å². The molecule has 2 atom stereocenters. The fourth-order valence-corrected chi connectivity index (χ4v) is 3.90.